The highest BCUT2D eigenvalue weighted by atomic mass is 32.1. The molecule has 2 aromatic rings. The monoisotopic (exact) mass is 310 g/mol. The Kier molecular flexibility index (Phi) is 5.28. The Morgan fingerprint density at radius 3 is 2.85 bits per heavy atom. The highest BCUT2D eigenvalue weighted by Gasteiger charge is 2.21. The molecule has 0 saturated carbocycles. The Labute approximate surface area is 126 Å². The van der Waals surface area contributed by atoms with Crippen molar-refractivity contribution in [3.05, 3.63) is 27.9 Å². The first-order valence-electron chi connectivity index (χ1n) is 6.53. The molecule has 0 unspecified atom stereocenters. The standard InChI is InChI=1S/C14H18N2O2S2/c1-10(2)16(5-3-6-17)14(18)12-9-20-13(15-12)11-4-7-19-8-11/h4,7-10,17H,3,5-6H2,1-2H3. The van der Waals surface area contributed by atoms with Crippen molar-refractivity contribution < 1.29 is 9.90 Å². The Morgan fingerprint density at radius 2 is 2.25 bits per heavy atom. The van der Waals surface area contributed by atoms with Crippen LogP contribution >= 0.6 is 22.7 Å². The fraction of sp³-hybridized carbons (Fsp3) is 0.429. The lowest BCUT2D eigenvalue weighted by Gasteiger charge is -2.25. The lowest BCUT2D eigenvalue weighted by Crippen LogP contribution is -2.38. The lowest BCUT2D eigenvalue weighted by atomic mass is 10.2. The van der Waals surface area contributed by atoms with Crippen molar-refractivity contribution >= 4 is 28.6 Å². The number of rotatable bonds is 6. The van der Waals surface area contributed by atoms with E-state index in [1.54, 1.807) is 16.2 Å². The normalized spacial score (nSPS) is 11.0. The maximum Gasteiger partial charge on any atom is 0.273 e. The van der Waals surface area contributed by atoms with E-state index in [0.717, 1.165) is 10.6 Å². The zero-order chi connectivity index (χ0) is 14.5. The van der Waals surface area contributed by atoms with Gasteiger partial charge in [0.2, 0.25) is 0 Å². The molecule has 2 aromatic heterocycles. The van der Waals surface area contributed by atoms with Crippen LogP contribution in [0.2, 0.25) is 0 Å². The molecule has 0 radical (unpaired) electrons. The number of hydrogen-bond acceptors (Lipinski definition) is 5. The van der Waals surface area contributed by atoms with Crippen LogP contribution in [0.3, 0.4) is 0 Å². The highest BCUT2D eigenvalue weighted by Crippen LogP contribution is 2.26. The van der Waals surface area contributed by atoms with Crippen LogP contribution in [0.4, 0.5) is 0 Å². The summed E-state index contributed by atoms with van der Waals surface area (Å²) in [6.07, 6.45) is 0.589. The quantitative estimate of drug-likeness (QED) is 0.892. The molecular weight excluding hydrogens is 292 g/mol. The molecule has 0 aliphatic rings. The van der Waals surface area contributed by atoms with Gasteiger partial charge in [-0.2, -0.15) is 11.3 Å². The molecule has 1 amide bonds. The molecule has 1 N–H and O–H groups in total. The Hall–Kier alpha value is -1.24. The SMILES string of the molecule is CC(C)N(CCCO)C(=O)c1csc(-c2ccsc2)n1. The van der Waals surface area contributed by atoms with Crippen molar-refractivity contribution in [2.24, 2.45) is 0 Å². The first-order valence-corrected chi connectivity index (χ1v) is 8.35. The van der Waals surface area contributed by atoms with Crippen LogP contribution in [0.1, 0.15) is 30.8 Å². The van der Waals surface area contributed by atoms with E-state index in [-0.39, 0.29) is 18.6 Å². The summed E-state index contributed by atoms with van der Waals surface area (Å²) in [5, 5.41) is 15.6. The second-order valence-electron chi connectivity index (χ2n) is 4.72. The third-order valence-corrected chi connectivity index (χ3v) is 4.51. The zero-order valence-corrected chi connectivity index (χ0v) is 13.2. The number of nitrogens with zero attached hydrogens (tertiary/aromatic N) is 2. The number of carbonyl (C=O) groups is 1. The summed E-state index contributed by atoms with van der Waals surface area (Å²) in [6.45, 7) is 4.59. The van der Waals surface area contributed by atoms with Crippen molar-refractivity contribution in [2.45, 2.75) is 26.3 Å². The summed E-state index contributed by atoms with van der Waals surface area (Å²) in [5.41, 5.74) is 1.55. The highest BCUT2D eigenvalue weighted by molar-refractivity contribution is 7.14. The second-order valence-corrected chi connectivity index (χ2v) is 6.36. The molecule has 0 saturated heterocycles. The Bertz CT molecular complexity index is 549. The van der Waals surface area contributed by atoms with E-state index in [2.05, 4.69) is 4.98 Å². The van der Waals surface area contributed by atoms with E-state index in [9.17, 15) is 4.79 Å². The molecule has 0 fully saturated rings. The summed E-state index contributed by atoms with van der Waals surface area (Å²) >= 11 is 3.11. The number of aliphatic hydroxyl groups excluding tert-OH is 1. The van der Waals surface area contributed by atoms with E-state index in [1.807, 2.05) is 36.1 Å². The zero-order valence-electron chi connectivity index (χ0n) is 11.6. The van der Waals surface area contributed by atoms with Gasteiger partial charge in [0.1, 0.15) is 10.7 Å². The van der Waals surface area contributed by atoms with Crippen LogP contribution in [0.15, 0.2) is 22.2 Å². The molecule has 6 heteroatoms. The number of aliphatic hydroxyl groups is 1. The van der Waals surface area contributed by atoms with Gasteiger partial charge in [0.05, 0.1) is 0 Å². The number of amides is 1. The maximum absolute atomic E-state index is 12.5. The van der Waals surface area contributed by atoms with Gasteiger partial charge >= 0.3 is 0 Å². The predicted octanol–water partition coefficient (Wildman–Crippen LogP) is 3.10. The van der Waals surface area contributed by atoms with Gasteiger partial charge in [-0.05, 0) is 31.7 Å². The third-order valence-electron chi connectivity index (χ3n) is 2.93. The van der Waals surface area contributed by atoms with E-state index in [1.165, 1.54) is 11.3 Å². The van der Waals surface area contributed by atoms with Crippen molar-refractivity contribution in [1.29, 1.82) is 0 Å². The minimum atomic E-state index is -0.0637. The van der Waals surface area contributed by atoms with Gasteiger partial charge in [-0.25, -0.2) is 4.98 Å². The van der Waals surface area contributed by atoms with Crippen LogP contribution < -0.4 is 0 Å². The van der Waals surface area contributed by atoms with Crippen LogP contribution in [0.25, 0.3) is 10.6 Å². The number of thiazole rings is 1. The minimum Gasteiger partial charge on any atom is -0.396 e. The van der Waals surface area contributed by atoms with Crippen LogP contribution in [0.5, 0.6) is 0 Å². The summed E-state index contributed by atoms with van der Waals surface area (Å²) < 4.78 is 0. The first kappa shape index (κ1) is 15.2. The number of carbonyl (C=O) groups excluding carboxylic acids is 1. The summed E-state index contributed by atoms with van der Waals surface area (Å²) in [4.78, 5) is 18.7. The van der Waals surface area contributed by atoms with Gasteiger partial charge in [-0.1, -0.05) is 0 Å². The van der Waals surface area contributed by atoms with Crippen molar-refractivity contribution in [3.8, 4) is 10.6 Å². The fourth-order valence-electron chi connectivity index (χ4n) is 1.87. The van der Waals surface area contributed by atoms with E-state index >= 15 is 0 Å². The van der Waals surface area contributed by atoms with Crippen LogP contribution in [0, 0.1) is 0 Å². The van der Waals surface area contributed by atoms with Gasteiger partial charge in [-0.15, -0.1) is 11.3 Å². The smallest absolute Gasteiger partial charge is 0.273 e. The molecule has 2 heterocycles. The van der Waals surface area contributed by atoms with E-state index in [0.29, 0.717) is 18.7 Å². The molecule has 0 atom stereocenters. The van der Waals surface area contributed by atoms with Crippen molar-refractivity contribution in [1.82, 2.24) is 9.88 Å². The molecule has 4 nitrogen and oxygen atoms in total. The number of hydrogen-bond donors (Lipinski definition) is 1. The number of aromatic nitrogens is 1. The molecule has 0 aliphatic heterocycles. The topological polar surface area (TPSA) is 53.4 Å². The predicted molar refractivity (Wildman–Crippen MR) is 83.3 cm³/mol. The third kappa shape index (κ3) is 3.45. The molecule has 0 aromatic carbocycles. The molecule has 2 rings (SSSR count). The largest absolute Gasteiger partial charge is 0.396 e. The van der Waals surface area contributed by atoms with Crippen molar-refractivity contribution in [2.75, 3.05) is 13.2 Å². The van der Waals surface area contributed by atoms with Gasteiger partial charge in [0.15, 0.2) is 0 Å². The Morgan fingerprint density at radius 1 is 1.45 bits per heavy atom. The molecule has 20 heavy (non-hydrogen) atoms. The van der Waals surface area contributed by atoms with E-state index in [4.69, 9.17) is 5.11 Å². The fourth-order valence-corrected chi connectivity index (χ4v) is 3.38. The average molecular weight is 310 g/mol. The van der Waals surface area contributed by atoms with Gasteiger partial charge in [0, 0.05) is 35.5 Å². The minimum absolute atomic E-state index is 0.0637. The van der Waals surface area contributed by atoms with E-state index < -0.39 is 0 Å². The second kappa shape index (κ2) is 6.97. The van der Waals surface area contributed by atoms with Gasteiger partial charge < -0.3 is 10.0 Å². The lowest BCUT2D eigenvalue weighted by molar-refractivity contribution is 0.0688. The Balaban J connectivity index is 2.15. The maximum atomic E-state index is 12.5. The van der Waals surface area contributed by atoms with Gasteiger partial charge in [-0.3, -0.25) is 4.79 Å². The number of thiophene rings is 1. The summed E-state index contributed by atoms with van der Waals surface area (Å²) in [6, 6.07) is 2.10. The summed E-state index contributed by atoms with van der Waals surface area (Å²) in [5.74, 6) is -0.0637. The molecular formula is C14H18N2O2S2. The summed E-state index contributed by atoms with van der Waals surface area (Å²) in [7, 11) is 0. The molecule has 0 bridgehead atoms. The van der Waals surface area contributed by atoms with Crippen LogP contribution in [-0.4, -0.2) is 40.1 Å². The van der Waals surface area contributed by atoms with Gasteiger partial charge in [0.25, 0.3) is 5.91 Å². The van der Waals surface area contributed by atoms with Crippen LogP contribution in [-0.2, 0) is 0 Å². The average Bonchev–Trinajstić information content (AvgIpc) is 3.09. The molecule has 0 spiro atoms. The first-order chi connectivity index (χ1) is 9.63. The molecule has 0 aliphatic carbocycles. The molecule has 108 valence electrons. The van der Waals surface area contributed by atoms with Crippen molar-refractivity contribution in [3.63, 3.8) is 0 Å².